The lowest BCUT2D eigenvalue weighted by Gasteiger charge is -2.37. The Bertz CT molecular complexity index is 924. The zero-order valence-corrected chi connectivity index (χ0v) is 20.5. The standard InChI is InChI=1S/C25H34N2O4S/c1-17(2)14-26(25(29)18(3)4)15-24(28)27-11-9-23-21(10-12-32-23)22(27)16-31-20-8-6-7-19(13-20)30-5/h6-8,10,12-13,17-18,22H,9,11,14-16H2,1-5H3/t22-/m1/s1. The molecule has 2 aromatic rings. The Labute approximate surface area is 195 Å². The van der Waals surface area contributed by atoms with E-state index in [0.717, 1.165) is 17.7 Å². The van der Waals surface area contributed by atoms with Crippen LogP contribution in [0.1, 0.15) is 44.2 Å². The maximum Gasteiger partial charge on any atom is 0.242 e. The van der Waals surface area contributed by atoms with Gasteiger partial charge in [0.15, 0.2) is 0 Å². The predicted octanol–water partition coefficient (Wildman–Crippen LogP) is 4.40. The zero-order chi connectivity index (χ0) is 23.3. The van der Waals surface area contributed by atoms with Gasteiger partial charge in [-0.15, -0.1) is 11.3 Å². The van der Waals surface area contributed by atoms with E-state index in [1.807, 2.05) is 43.0 Å². The number of fused-ring (bicyclic) bond motifs is 1. The van der Waals surface area contributed by atoms with Crippen LogP contribution >= 0.6 is 11.3 Å². The number of hydrogen-bond acceptors (Lipinski definition) is 5. The Kier molecular flexibility index (Phi) is 8.18. The monoisotopic (exact) mass is 458 g/mol. The van der Waals surface area contributed by atoms with Crippen LogP contribution in [0.5, 0.6) is 11.5 Å². The fraction of sp³-hybridized carbons (Fsp3) is 0.520. The molecule has 1 aliphatic heterocycles. The third-order valence-corrected chi connectivity index (χ3v) is 6.58. The van der Waals surface area contributed by atoms with Gasteiger partial charge in [0.1, 0.15) is 18.1 Å². The number of hydrogen-bond donors (Lipinski definition) is 0. The molecule has 1 aromatic carbocycles. The molecule has 32 heavy (non-hydrogen) atoms. The van der Waals surface area contributed by atoms with Gasteiger partial charge in [0.2, 0.25) is 11.8 Å². The average molecular weight is 459 g/mol. The smallest absolute Gasteiger partial charge is 0.242 e. The molecule has 1 atom stereocenters. The van der Waals surface area contributed by atoms with E-state index in [1.54, 1.807) is 23.3 Å². The van der Waals surface area contributed by atoms with E-state index in [2.05, 4.69) is 25.3 Å². The van der Waals surface area contributed by atoms with Crippen LogP contribution in [0.15, 0.2) is 35.7 Å². The summed E-state index contributed by atoms with van der Waals surface area (Å²) in [6.45, 7) is 9.54. The van der Waals surface area contributed by atoms with Crippen molar-refractivity contribution in [2.75, 3.05) is 33.4 Å². The minimum absolute atomic E-state index is 0.0180. The number of methoxy groups -OCH3 is 1. The molecule has 3 rings (SSSR count). The quantitative estimate of drug-likeness (QED) is 0.559. The average Bonchev–Trinajstić information content (AvgIpc) is 3.25. The fourth-order valence-electron chi connectivity index (χ4n) is 4.03. The third kappa shape index (κ3) is 5.82. The first-order valence-corrected chi connectivity index (χ1v) is 12.1. The van der Waals surface area contributed by atoms with Crippen molar-refractivity contribution in [1.82, 2.24) is 9.80 Å². The highest BCUT2D eigenvalue weighted by molar-refractivity contribution is 7.10. The molecule has 2 heterocycles. The minimum atomic E-state index is -0.182. The van der Waals surface area contributed by atoms with Gasteiger partial charge in [-0.1, -0.05) is 33.8 Å². The Morgan fingerprint density at radius 1 is 1.19 bits per heavy atom. The highest BCUT2D eigenvalue weighted by Crippen LogP contribution is 2.34. The number of nitrogens with zero attached hydrogens (tertiary/aromatic N) is 2. The summed E-state index contributed by atoms with van der Waals surface area (Å²) in [5.41, 5.74) is 1.14. The molecule has 7 heteroatoms. The van der Waals surface area contributed by atoms with Crippen LogP contribution in [0, 0.1) is 11.8 Å². The second kappa shape index (κ2) is 10.9. The summed E-state index contributed by atoms with van der Waals surface area (Å²) < 4.78 is 11.4. The van der Waals surface area contributed by atoms with Crippen molar-refractivity contribution in [3.05, 3.63) is 46.2 Å². The number of ether oxygens (including phenoxy) is 2. The molecular formula is C25H34N2O4S. The first-order chi connectivity index (χ1) is 15.3. The first-order valence-electron chi connectivity index (χ1n) is 11.2. The van der Waals surface area contributed by atoms with Gasteiger partial charge in [-0.2, -0.15) is 0 Å². The van der Waals surface area contributed by atoms with Gasteiger partial charge in [0.05, 0.1) is 19.7 Å². The molecule has 0 radical (unpaired) electrons. The normalized spacial score (nSPS) is 15.6. The van der Waals surface area contributed by atoms with E-state index in [9.17, 15) is 9.59 Å². The van der Waals surface area contributed by atoms with E-state index in [4.69, 9.17) is 9.47 Å². The van der Waals surface area contributed by atoms with Gasteiger partial charge >= 0.3 is 0 Å². The fourth-order valence-corrected chi connectivity index (χ4v) is 4.96. The van der Waals surface area contributed by atoms with Crippen LogP contribution in [0.3, 0.4) is 0 Å². The van der Waals surface area contributed by atoms with Gasteiger partial charge < -0.3 is 19.3 Å². The van der Waals surface area contributed by atoms with Crippen LogP contribution in [-0.2, 0) is 16.0 Å². The SMILES string of the molecule is COc1cccc(OC[C@@H]2c3ccsc3CCN2C(=O)CN(CC(C)C)C(=O)C(C)C)c1. The Morgan fingerprint density at radius 3 is 2.62 bits per heavy atom. The van der Waals surface area contributed by atoms with Crippen LogP contribution in [0.2, 0.25) is 0 Å². The molecule has 0 bridgehead atoms. The molecule has 1 aromatic heterocycles. The van der Waals surface area contributed by atoms with Gasteiger partial charge in [-0.3, -0.25) is 9.59 Å². The lowest BCUT2D eigenvalue weighted by Crippen LogP contribution is -2.49. The lowest BCUT2D eigenvalue weighted by molar-refractivity contribution is -0.144. The number of carbonyl (C=O) groups is 2. The topological polar surface area (TPSA) is 59.1 Å². The molecule has 174 valence electrons. The van der Waals surface area contributed by atoms with Crippen LogP contribution in [0.25, 0.3) is 0 Å². The number of amides is 2. The summed E-state index contributed by atoms with van der Waals surface area (Å²) in [6.07, 6.45) is 0.830. The summed E-state index contributed by atoms with van der Waals surface area (Å²) in [7, 11) is 1.62. The molecule has 2 amide bonds. The highest BCUT2D eigenvalue weighted by atomic mass is 32.1. The lowest BCUT2D eigenvalue weighted by atomic mass is 10.00. The molecule has 0 fully saturated rings. The second-order valence-corrected chi connectivity index (χ2v) is 9.91. The molecule has 0 unspecified atom stereocenters. The second-order valence-electron chi connectivity index (χ2n) is 8.91. The third-order valence-electron chi connectivity index (χ3n) is 5.58. The van der Waals surface area contributed by atoms with Gasteiger partial charge in [-0.25, -0.2) is 0 Å². The molecule has 1 aliphatic rings. The maximum absolute atomic E-state index is 13.4. The van der Waals surface area contributed by atoms with Crippen molar-refractivity contribution in [1.29, 1.82) is 0 Å². The van der Waals surface area contributed by atoms with Crippen molar-refractivity contribution in [2.24, 2.45) is 11.8 Å². The van der Waals surface area contributed by atoms with Gasteiger partial charge in [0.25, 0.3) is 0 Å². The number of benzene rings is 1. The van der Waals surface area contributed by atoms with E-state index in [0.29, 0.717) is 31.4 Å². The van der Waals surface area contributed by atoms with Crippen LogP contribution < -0.4 is 9.47 Å². The summed E-state index contributed by atoms with van der Waals surface area (Å²) in [6, 6.07) is 9.39. The number of carbonyl (C=O) groups excluding carboxylic acids is 2. The molecule has 0 aliphatic carbocycles. The largest absolute Gasteiger partial charge is 0.497 e. The molecule has 0 N–H and O–H groups in total. The van der Waals surface area contributed by atoms with Crippen molar-refractivity contribution in [2.45, 2.75) is 40.2 Å². The van der Waals surface area contributed by atoms with E-state index >= 15 is 0 Å². The molecule has 6 nitrogen and oxygen atoms in total. The minimum Gasteiger partial charge on any atom is -0.497 e. The van der Waals surface area contributed by atoms with E-state index < -0.39 is 0 Å². The van der Waals surface area contributed by atoms with E-state index in [-0.39, 0.29) is 30.3 Å². The zero-order valence-electron chi connectivity index (χ0n) is 19.7. The highest BCUT2D eigenvalue weighted by Gasteiger charge is 2.34. The van der Waals surface area contributed by atoms with Crippen molar-refractivity contribution in [3.63, 3.8) is 0 Å². The van der Waals surface area contributed by atoms with Gasteiger partial charge in [-0.05, 0) is 41.5 Å². The predicted molar refractivity (Wildman–Crippen MR) is 127 cm³/mol. The Balaban J connectivity index is 1.78. The number of thiophene rings is 1. The summed E-state index contributed by atoms with van der Waals surface area (Å²) in [4.78, 5) is 31.0. The van der Waals surface area contributed by atoms with Crippen molar-refractivity contribution >= 4 is 23.2 Å². The van der Waals surface area contributed by atoms with Crippen molar-refractivity contribution in [3.8, 4) is 11.5 Å². The van der Waals surface area contributed by atoms with Crippen LogP contribution in [0.4, 0.5) is 0 Å². The maximum atomic E-state index is 13.4. The molecular weight excluding hydrogens is 424 g/mol. The molecule has 0 saturated carbocycles. The van der Waals surface area contributed by atoms with Gasteiger partial charge in [0, 0.05) is 30.0 Å². The first kappa shape index (κ1) is 24.1. The Morgan fingerprint density at radius 2 is 1.94 bits per heavy atom. The van der Waals surface area contributed by atoms with E-state index in [1.165, 1.54) is 4.88 Å². The summed E-state index contributed by atoms with van der Waals surface area (Å²) >= 11 is 1.72. The van der Waals surface area contributed by atoms with Crippen LogP contribution in [-0.4, -0.2) is 55.0 Å². The molecule has 0 saturated heterocycles. The molecule has 0 spiro atoms. The summed E-state index contributed by atoms with van der Waals surface area (Å²) in [5.74, 6) is 1.57. The van der Waals surface area contributed by atoms with Crippen molar-refractivity contribution < 1.29 is 19.1 Å². The Hall–Kier alpha value is -2.54. The number of rotatable bonds is 9. The summed E-state index contributed by atoms with van der Waals surface area (Å²) in [5, 5.41) is 2.07.